The summed E-state index contributed by atoms with van der Waals surface area (Å²) in [6.45, 7) is 3.18. The van der Waals surface area contributed by atoms with Crippen molar-refractivity contribution in [3.8, 4) is 11.4 Å². The number of piperazine rings is 1. The first kappa shape index (κ1) is 20.9. The first-order chi connectivity index (χ1) is 16.1. The second kappa shape index (κ2) is 8.87. The van der Waals surface area contributed by atoms with Crippen molar-refractivity contribution < 1.29 is 9.53 Å². The summed E-state index contributed by atoms with van der Waals surface area (Å²) in [6, 6.07) is 17.4. The number of hydrogen-bond acceptors (Lipinski definition) is 7. The summed E-state index contributed by atoms with van der Waals surface area (Å²) < 4.78 is 7.11. The van der Waals surface area contributed by atoms with Crippen molar-refractivity contribution in [1.29, 1.82) is 0 Å². The van der Waals surface area contributed by atoms with Crippen LogP contribution in [-0.4, -0.2) is 68.7 Å². The van der Waals surface area contributed by atoms with Crippen LogP contribution in [0.2, 0.25) is 0 Å². The van der Waals surface area contributed by atoms with Crippen molar-refractivity contribution in [2.24, 2.45) is 0 Å². The first-order valence-corrected chi connectivity index (χ1v) is 10.8. The van der Waals surface area contributed by atoms with Gasteiger partial charge in [0.2, 0.25) is 0 Å². The smallest absolute Gasteiger partial charge is 0.278 e. The zero-order valence-electron chi connectivity index (χ0n) is 18.4. The van der Waals surface area contributed by atoms with Gasteiger partial charge in [-0.15, -0.1) is 0 Å². The minimum atomic E-state index is -0.132. The molecule has 1 aliphatic heterocycles. The van der Waals surface area contributed by atoms with Crippen molar-refractivity contribution >= 4 is 22.6 Å². The van der Waals surface area contributed by atoms with E-state index in [2.05, 4.69) is 20.0 Å². The van der Waals surface area contributed by atoms with Gasteiger partial charge in [-0.25, -0.2) is 14.6 Å². The van der Waals surface area contributed by atoms with Gasteiger partial charge in [-0.1, -0.05) is 30.3 Å². The lowest BCUT2D eigenvalue weighted by Crippen LogP contribution is -2.48. The van der Waals surface area contributed by atoms with Gasteiger partial charge in [0, 0.05) is 31.6 Å². The zero-order valence-corrected chi connectivity index (χ0v) is 18.4. The van der Waals surface area contributed by atoms with Gasteiger partial charge in [-0.2, -0.15) is 5.10 Å². The van der Waals surface area contributed by atoms with E-state index in [-0.39, 0.29) is 5.91 Å². The fraction of sp³-hybridized carbons (Fsp3) is 0.250. The average Bonchev–Trinajstić information content (AvgIpc) is 3.29. The molecule has 2 aromatic heterocycles. The van der Waals surface area contributed by atoms with Crippen LogP contribution in [0.1, 0.15) is 16.3 Å². The Labute approximate surface area is 191 Å². The third-order valence-corrected chi connectivity index (χ3v) is 5.83. The van der Waals surface area contributed by atoms with Crippen LogP contribution in [0, 0.1) is 0 Å². The van der Waals surface area contributed by atoms with E-state index < -0.39 is 0 Å². The van der Waals surface area contributed by atoms with E-state index in [9.17, 15) is 4.79 Å². The fourth-order valence-corrected chi connectivity index (χ4v) is 4.05. The molecule has 4 aromatic rings. The lowest BCUT2D eigenvalue weighted by atomic mass is 10.2. The van der Waals surface area contributed by atoms with E-state index in [1.165, 1.54) is 0 Å². The molecule has 0 radical (unpaired) electrons. The quantitative estimate of drug-likeness (QED) is 0.505. The van der Waals surface area contributed by atoms with E-state index >= 15 is 0 Å². The minimum Gasteiger partial charge on any atom is -0.493 e. The normalized spacial score (nSPS) is 14.5. The highest BCUT2D eigenvalue weighted by Crippen LogP contribution is 2.22. The van der Waals surface area contributed by atoms with Crippen LogP contribution >= 0.6 is 0 Å². The number of methoxy groups -OCH3 is 1. The number of aromatic nitrogens is 4. The minimum absolute atomic E-state index is 0.132. The van der Waals surface area contributed by atoms with Crippen LogP contribution < -0.4 is 10.5 Å². The number of hydrogen-bond donors (Lipinski definition) is 1. The Morgan fingerprint density at radius 1 is 1.00 bits per heavy atom. The molecule has 5 rings (SSSR count). The zero-order chi connectivity index (χ0) is 22.8. The summed E-state index contributed by atoms with van der Waals surface area (Å²) >= 11 is 0. The molecule has 1 aliphatic rings. The molecule has 2 N–H and O–H groups in total. The van der Waals surface area contributed by atoms with Gasteiger partial charge in [0.05, 0.1) is 31.1 Å². The SMILES string of the molecule is COc1cn(-c2ccccc2)nc1C(=O)N1CCN(Cc2nc(N)c3ccccc3n2)CC1. The van der Waals surface area contributed by atoms with Crippen molar-refractivity contribution in [2.75, 3.05) is 39.0 Å². The maximum Gasteiger partial charge on any atom is 0.278 e. The topological polar surface area (TPSA) is 102 Å². The standard InChI is InChI=1S/C24H25N7O2/c1-33-20-15-31(17-7-3-2-4-8-17)28-22(20)24(32)30-13-11-29(12-14-30)16-21-26-19-10-6-5-9-18(19)23(25)27-21/h2-10,15H,11-14,16H2,1H3,(H2,25,26,27). The van der Waals surface area contributed by atoms with Crippen molar-refractivity contribution in [1.82, 2.24) is 29.5 Å². The van der Waals surface area contributed by atoms with Crippen LogP contribution in [0.4, 0.5) is 5.82 Å². The molecule has 0 spiro atoms. The number of carbonyl (C=O) groups excluding carboxylic acids is 1. The highest BCUT2D eigenvalue weighted by Gasteiger charge is 2.27. The van der Waals surface area contributed by atoms with Gasteiger partial charge in [0.15, 0.2) is 11.4 Å². The van der Waals surface area contributed by atoms with Gasteiger partial charge in [0.1, 0.15) is 11.6 Å². The fourth-order valence-electron chi connectivity index (χ4n) is 4.05. The monoisotopic (exact) mass is 443 g/mol. The molecule has 2 aromatic carbocycles. The van der Waals surface area contributed by atoms with E-state index in [4.69, 9.17) is 10.5 Å². The molecule has 3 heterocycles. The second-order valence-electron chi connectivity index (χ2n) is 7.94. The highest BCUT2D eigenvalue weighted by molar-refractivity contribution is 5.95. The molecular formula is C24H25N7O2. The number of amides is 1. The summed E-state index contributed by atoms with van der Waals surface area (Å²) in [7, 11) is 1.55. The maximum atomic E-state index is 13.2. The summed E-state index contributed by atoms with van der Waals surface area (Å²) in [4.78, 5) is 26.3. The van der Waals surface area contributed by atoms with Gasteiger partial charge in [0.25, 0.3) is 5.91 Å². The average molecular weight is 444 g/mol. The van der Waals surface area contributed by atoms with E-state index in [1.54, 1.807) is 18.0 Å². The first-order valence-electron chi connectivity index (χ1n) is 10.8. The predicted octanol–water partition coefficient (Wildman–Crippen LogP) is 2.36. The van der Waals surface area contributed by atoms with Gasteiger partial charge in [-0.05, 0) is 24.3 Å². The number of benzene rings is 2. The lowest BCUT2D eigenvalue weighted by molar-refractivity contribution is 0.0616. The number of para-hydroxylation sites is 2. The van der Waals surface area contributed by atoms with Crippen molar-refractivity contribution in [3.63, 3.8) is 0 Å². The Bertz CT molecular complexity index is 1280. The number of ether oxygens (including phenoxy) is 1. The van der Waals surface area contributed by atoms with Crippen LogP contribution in [0.5, 0.6) is 5.75 Å². The third kappa shape index (κ3) is 4.22. The third-order valence-electron chi connectivity index (χ3n) is 5.83. The number of rotatable bonds is 5. The summed E-state index contributed by atoms with van der Waals surface area (Å²) in [6.07, 6.45) is 1.74. The highest BCUT2D eigenvalue weighted by atomic mass is 16.5. The Hall–Kier alpha value is -3.98. The molecule has 168 valence electrons. The molecule has 9 nitrogen and oxygen atoms in total. The largest absolute Gasteiger partial charge is 0.493 e. The van der Waals surface area contributed by atoms with Crippen LogP contribution in [-0.2, 0) is 6.54 Å². The van der Waals surface area contributed by atoms with Crippen molar-refractivity contribution in [3.05, 3.63) is 72.3 Å². The number of nitrogen functional groups attached to an aromatic ring is 1. The number of nitrogens with zero attached hydrogens (tertiary/aromatic N) is 6. The van der Waals surface area contributed by atoms with Gasteiger partial charge in [-0.3, -0.25) is 9.69 Å². The molecule has 1 fully saturated rings. The molecule has 0 saturated carbocycles. The molecule has 1 saturated heterocycles. The van der Waals surface area contributed by atoms with Crippen LogP contribution in [0.25, 0.3) is 16.6 Å². The summed E-state index contributed by atoms with van der Waals surface area (Å²) in [5.41, 5.74) is 8.15. The Morgan fingerprint density at radius 2 is 1.73 bits per heavy atom. The molecule has 0 bridgehead atoms. The predicted molar refractivity (Wildman–Crippen MR) is 125 cm³/mol. The molecule has 0 atom stereocenters. The molecule has 1 amide bonds. The summed E-state index contributed by atoms with van der Waals surface area (Å²) in [5.74, 6) is 1.51. The number of nitrogens with two attached hydrogens (primary N) is 1. The van der Waals surface area contributed by atoms with E-state index in [0.29, 0.717) is 55.8 Å². The van der Waals surface area contributed by atoms with Crippen LogP contribution in [0.15, 0.2) is 60.8 Å². The second-order valence-corrected chi connectivity index (χ2v) is 7.94. The van der Waals surface area contributed by atoms with E-state index in [0.717, 1.165) is 16.6 Å². The molecular weight excluding hydrogens is 418 g/mol. The van der Waals surface area contributed by atoms with Crippen molar-refractivity contribution in [2.45, 2.75) is 6.54 Å². The molecule has 0 aliphatic carbocycles. The lowest BCUT2D eigenvalue weighted by Gasteiger charge is -2.34. The molecule has 33 heavy (non-hydrogen) atoms. The number of fused-ring (bicyclic) bond motifs is 1. The number of carbonyl (C=O) groups is 1. The molecule has 0 unspecified atom stereocenters. The van der Waals surface area contributed by atoms with E-state index in [1.807, 2.05) is 59.5 Å². The van der Waals surface area contributed by atoms with Gasteiger partial charge >= 0.3 is 0 Å². The van der Waals surface area contributed by atoms with Gasteiger partial charge < -0.3 is 15.4 Å². The summed E-state index contributed by atoms with van der Waals surface area (Å²) in [5, 5.41) is 5.37. The molecule has 9 heteroatoms. The van der Waals surface area contributed by atoms with Crippen LogP contribution in [0.3, 0.4) is 0 Å². The Balaban J connectivity index is 1.26. The Kier molecular flexibility index (Phi) is 5.62. The maximum absolute atomic E-state index is 13.2. The number of anilines is 1. The Morgan fingerprint density at radius 3 is 2.48 bits per heavy atom.